The van der Waals surface area contributed by atoms with Gasteiger partial charge in [-0.3, -0.25) is 9.55 Å². The maximum Gasteiger partial charge on any atom is 0.404 e. The molecule has 0 saturated carbocycles. The van der Waals surface area contributed by atoms with E-state index in [0.717, 1.165) is 30.6 Å². The lowest BCUT2D eigenvalue weighted by Crippen LogP contribution is -2.42. The van der Waals surface area contributed by atoms with E-state index in [1.807, 2.05) is 6.07 Å². The van der Waals surface area contributed by atoms with Crippen molar-refractivity contribution in [3.8, 4) is 23.3 Å². The lowest BCUT2D eigenvalue weighted by Gasteiger charge is -2.17. The molecule has 0 aliphatic heterocycles. The molecule has 4 rings (SSSR count). The zero-order chi connectivity index (χ0) is 26.4. The van der Waals surface area contributed by atoms with E-state index in [1.54, 1.807) is 0 Å². The second-order valence-corrected chi connectivity index (χ2v) is 9.60. The molecule has 0 aliphatic rings. The smallest absolute Gasteiger partial charge is 0.291 e. The van der Waals surface area contributed by atoms with E-state index in [4.69, 9.17) is 0 Å². The molecule has 13 heteroatoms. The van der Waals surface area contributed by atoms with Gasteiger partial charge < -0.3 is 0 Å². The van der Waals surface area contributed by atoms with Gasteiger partial charge in [-0.25, -0.2) is 22.2 Å². The van der Waals surface area contributed by atoms with Crippen molar-refractivity contribution in [2.24, 2.45) is 0 Å². The fraction of sp³-hybridized carbons (Fsp3) is 0.174. The van der Waals surface area contributed by atoms with Gasteiger partial charge in [0, 0.05) is 11.6 Å². The van der Waals surface area contributed by atoms with Gasteiger partial charge in [0.25, 0.3) is 0 Å². The Morgan fingerprint density at radius 2 is 1.81 bits per heavy atom. The van der Waals surface area contributed by atoms with E-state index in [2.05, 4.69) is 9.97 Å². The summed E-state index contributed by atoms with van der Waals surface area (Å²) in [5.41, 5.74) is 0.770. The van der Waals surface area contributed by atoms with Crippen LogP contribution >= 0.6 is 0 Å². The zero-order valence-corrected chi connectivity index (χ0v) is 19.4. The Hall–Kier alpha value is -3.89. The molecule has 0 bridgehead atoms. The SMILES string of the molecule is Cc1cc2c(cc1F)c(C#N)c(-c1ccc(S(=O)(=O)N[C@@H](C)C(F)(F)F)cn1)n2-c1ccc(F)cn1. The highest BCUT2D eigenvalue weighted by molar-refractivity contribution is 7.89. The number of halogens is 5. The van der Waals surface area contributed by atoms with Gasteiger partial charge >= 0.3 is 6.18 Å². The first-order valence-corrected chi connectivity index (χ1v) is 11.7. The number of fused-ring (bicyclic) bond motifs is 1. The van der Waals surface area contributed by atoms with Crippen molar-refractivity contribution in [1.82, 2.24) is 19.3 Å². The third-order valence-electron chi connectivity index (χ3n) is 5.41. The molecule has 1 aromatic carbocycles. The summed E-state index contributed by atoms with van der Waals surface area (Å²) in [6, 6.07) is 6.98. The fourth-order valence-electron chi connectivity index (χ4n) is 3.55. The number of nitriles is 1. The van der Waals surface area contributed by atoms with Crippen molar-refractivity contribution in [3.63, 3.8) is 0 Å². The number of aryl methyl sites for hydroxylation is 1. The topological polar surface area (TPSA) is 101 Å². The molecule has 4 aromatic rings. The molecule has 36 heavy (non-hydrogen) atoms. The van der Waals surface area contributed by atoms with Gasteiger partial charge in [-0.05, 0) is 55.8 Å². The minimum atomic E-state index is -4.79. The maximum atomic E-state index is 14.4. The van der Waals surface area contributed by atoms with E-state index in [0.29, 0.717) is 12.4 Å². The van der Waals surface area contributed by atoms with Crippen LogP contribution in [0.1, 0.15) is 18.1 Å². The number of benzene rings is 1. The van der Waals surface area contributed by atoms with Crippen LogP contribution in [0.25, 0.3) is 28.1 Å². The first kappa shape index (κ1) is 25.2. The number of nitrogens with zero attached hydrogens (tertiary/aromatic N) is 4. The monoisotopic (exact) mass is 521 g/mol. The van der Waals surface area contributed by atoms with Gasteiger partial charge in [0.2, 0.25) is 10.0 Å². The van der Waals surface area contributed by atoms with Gasteiger partial charge in [-0.1, -0.05) is 0 Å². The average molecular weight is 521 g/mol. The van der Waals surface area contributed by atoms with Crippen molar-refractivity contribution in [2.45, 2.75) is 31.0 Å². The van der Waals surface area contributed by atoms with E-state index in [9.17, 15) is 35.6 Å². The second kappa shape index (κ2) is 8.96. The average Bonchev–Trinajstić information content (AvgIpc) is 3.12. The third kappa shape index (κ3) is 4.52. The van der Waals surface area contributed by atoms with Gasteiger partial charge in [0.05, 0.1) is 28.7 Å². The standard InChI is InChI=1S/C23H16F5N5O2S/c1-12-7-20-16(8-18(12)25)17(9-29)22(33(20)21-6-3-14(24)10-31-21)19-5-4-15(11-30-19)36(34,35)32-13(2)23(26,27)28/h3-8,10-11,13,32H,1-2H3/t13-/m0/s1. The Kier molecular flexibility index (Phi) is 6.27. The van der Waals surface area contributed by atoms with Crippen molar-refractivity contribution in [3.05, 3.63) is 71.6 Å². The maximum absolute atomic E-state index is 14.4. The Bertz CT molecular complexity index is 1610. The fourth-order valence-corrected chi connectivity index (χ4v) is 4.73. The molecule has 7 nitrogen and oxygen atoms in total. The molecule has 0 amide bonds. The summed E-state index contributed by atoms with van der Waals surface area (Å²) in [5, 5.41) is 10.1. The lowest BCUT2D eigenvalue weighted by atomic mass is 10.1. The number of hydrogen-bond donors (Lipinski definition) is 1. The number of rotatable bonds is 5. The molecule has 1 atom stereocenters. The Morgan fingerprint density at radius 3 is 2.36 bits per heavy atom. The summed E-state index contributed by atoms with van der Waals surface area (Å²) in [4.78, 5) is 7.57. The molecule has 186 valence electrons. The molecule has 1 N–H and O–H groups in total. The molecule has 0 saturated heterocycles. The summed E-state index contributed by atoms with van der Waals surface area (Å²) in [6.45, 7) is 2.18. The Labute approximate surface area is 201 Å². The highest BCUT2D eigenvalue weighted by Gasteiger charge is 2.39. The number of hydrogen-bond acceptors (Lipinski definition) is 5. The van der Waals surface area contributed by atoms with Gasteiger partial charge in [0.1, 0.15) is 34.5 Å². The van der Waals surface area contributed by atoms with Crippen LogP contribution in [0.3, 0.4) is 0 Å². The van der Waals surface area contributed by atoms with Crippen LogP contribution in [0.4, 0.5) is 22.0 Å². The highest BCUT2D eigenvalue weighted by atomic mass is 32.2. The highest BCUT2D eigenvalue weighted by Crippen LogP contribution is 2.36. The molecule has 0 fully saturated rings. The van der Waals surface area contributed by atoms with Crippen LogP contribution in [0.15, 0.2) is 53.7 Å². The number of sulfonamides is 1. The molecule has 0 aliphatic carbocycles. The number of nitrogens with one attached hydrogen (secondary N) is 1. The second-order valence-electron chi connectivity index (χ2n) is 7.89. The molecule has 3 heterocycles. The Morgan fingerprint density at radius 1 is 1.08 bits per heavy atom. The normalized spacial score (nSPS) is 13.1. The summed E-state index contributed by atoms with van der Waals surface area (Å²) in [5.74, 6) is -1.02. The lowest BCUT2D eigenvalue weighted by molar-refractivity contribution is -0.147. The van der Waals surface area contributed by atoms with Crippen molar-refractivity contribution >= 4 is 20.9 Å². The predicted octanol–water partition coefficient (Wildman–Crippen LogP) is 4.77. The van der Waals surface area contributed by atoms with Gasteiger partial charge in [0.15, 0.2) is 0 Å². The van der Waals surface area contributed by atoms with Crippen molar-refractivity contribution in [2.75, 3.05) is 0 Å². The predicted molar refractivity (Wildman–Crippen MR) is 120 cm³/mol. The summed E-state index contributed by atoms with van der Waals surface area (Å²) >= 11 is 0. The minimum absolute atomic E-state index is 0.0121. The first-order valence-electron chi connectivity index (χ1n) is 10.3. The van der Waals surface area contributed by atoms with Crippen molar-refractivity contribution < 1.29 is 30.4 Å². The summed E-state index contributed by atoms with van der Waals surface area (Å²) < 4.78 is 94.2. The quantitative estimate of drug-likeness (QED) is 0.381. The molecule has 0 spiro atoms. The Balaban J connectivity index is 1.91. The van der Waals surface area contributed by atoms with E-state index in [-0.39, 0.29) is 33.7 Å². The van der Waals surface area contributed by atoms with Crippen molar-refractivity contribution in [1.29, 1.82) is 5.26 Å². The van der Waals surface area contributed by atoms with Crippen LogP contribution in [0.2, 0.25) is 0 Å². The van der Waals surface area contributed by atoms with E-state index >= 15 is 0 Å². The van der Waals surface area contributed by atoms with Crippen LogP contribution in [0.5, 0.6) is 0 Å². The van der Waals surface area contributed by atoms with Crippen LogP contribution in [0, 0.1) is 29.9 Å². The zero-order valence-electron chi connectivity index (χ0n) is 18.6. The van der Waals surface area contributed by atoms with E-state index in [1.165, 1.54) is 34.4 Å². The molecular formula is C23H16F5N5O2S. The van der Waals surface area contributed by atoms with Gasteiger partial charge in [-0.2, -0.15) is 23.2 Å². The summed E-state index contributed by atoms with van der Waals surface area (Å²) in [7, 11) is -4.57. The molecular weight excluding hydrogens is 505 g/mol. The van der Waals surface area contributed by atoms with Crippen LogP contribution in [-0.4, -0.2) is 35.2 Å². The number of aromatic nitrogens is 3. The molecule has 0 radical (unpaired) electrons. The molecule has 3 aromatic heterocycles. The minimum Gasteiger partial charge on any atom is -0.291 e. The molecule has 0 unspecified atom stereocenters. The van der Waals surface area contributed by atoms with Crippen LogP contribution < -0.4 is 4.72 Å². The summed E-state index contributed by atoms with van der Waals surface area (Å²) in [6.07, 6.45) is -3.00. The third-order valence-corrected chi connectivity index (χ3v) is 6.94. The van der Waals surface area contributed by atoms with E-state index < -0.39 is 38.8 Å². The number of alkyl halides is 3. The number of pyridine rings is 2. The first-order chi connectivity index (χ1) is 16.8. The van der Waals surface area contributed by atoms with Crippen LogP contribution in [-0.2, 0) is 10.0 Å². The largest absolute Gasteiger partial charge is 0.404 e. The van der Waals surface area contributed by atoms with Gasteiger partial charge in [-0.15, -0.1) is 0 Å².